The normalized spacial score (nSPS) is 24.8. The summed E-state index contributed by atoms with van der Waals surface area (Å²) in [5.41, 5.74) is 8.93. The van der Waals surface area contributed by atoms with E-state index in [0.717, 1.165) is 42.3 Å². The highest BCUT2D eigenvalue weighted by Crippen LogP contribution is 2.31. The Morgan fingerprint density at radius 3 is 1.65 bits per heavy atom. The van der Waals surface area contributed by atoms with Crippen LogP contribution in [0.3, 0.4) is 0 Å². The molecule has 0 amide bonds. The molecule has 0 saturated carbocycles. The van der Waals surface area contributed by atoms with Crippen molar-refractivity contribution in [2.24, 2.45) is 5.73 Å². The number of fused-ring (bicyclic) bond motifs is 1. The molecule has 202 valence electrons. The fourth-order valence-corrected chi connectivity index (χ4v) is 5.11. The van der Waals surface area contributed by atoms with E-state index in [-0.39, 0.29) is 0 Å². The zero-order chi connectivity index (χ0) is 26.2. The Kier molecular flexibility index (Phi) is 9.48. The molecule has 2 aromatic rings. The molecule has 0 aromatic heterocycles. The van der Waals surface area contributed by atoms with Crippen LogP contribution in [0.25, 0.3) is 6.08 Å². The third-order valence-electron chi connectivity index (χ3n) is 6.69. The fourth-order valence-electron chi connectivity index (χ4n) is 5.11. The maximum Gasteiger partial charge on any atom is 0.161 e. The average Bonchev–Trinajstić information content (AvgIpc) is 2.92. The Bertz CT molecular complexity index is 963. The third-order valence-corrected chi connectivity index (χ3v) is 6.69. The molecule has 7 rings (SSSR count). The van der Waals surface area contributed by atoms with Crippen LogP contribution in [-0.2, 0) is 13.0 Å². The van der Waals surface area contributed by atoms with Crippen LogP contribution >= 0.6 is 0 Å². The lowest BCUT2D eigenvalue weighted by molar-refractivity contribution is -0.194. The van der Waals surface area contributed by atoms with Crippen LogP contribution in [0.4, 0.5) is 0 Å². The summed E-state index contributed by atoms with van der Waals surface area (Å²) in [6.45, 7) is 9.10. The van der Waals surface area contributed by atoms with Crippen LogP contribution in [0.5, 0.6) is 23.0 Å². The molecule has 0 aliphatic carbocycles. The van der Waals surface area contributed by atoms with Gasteiger partial charge >= 0.3 is 0 Å². The van der Waals surface area contributed by atoms with E-state index in [0.29, 0.717) is 5.75 Å². The van der Waals surface area contributed by atoms with E-state index in [9.17, 15) is 0 Å². The number of benzene rings is 2. The Hall–Kier alpha value is -3.02. The summed E-state index contributed by atoms with van der Waals surface area (Å²) in [5, 5.41) is 3.33. The van der Waals surface area contributed by atoms with Gasteiger partial charge in [-0.3, -0.25) is 19.6 Å². The van der Waals surface area contributed by atoms with Crippen molar-refractivity contribution < 1.29 is 18.9 Å². The molecule has 3 N–H and O–H groups in total. The van der Waals surface area contributed by atoms with Crippen molar-refractivity contribution >= 4 is 6.08 Å². The van der Waals surface area contributed by atoms with E-state index in [1.165, 1.54) is 57.3 Å². The fraction of sp³-hybridized carbons (Fsp3) is 0.481. The minimum atomic E-state index is 0.707. The molecule has 2 aromatic carbocycles. The molecule has 4 fully saturated rings. The predicted molar refractivity (Wildman–Crippen MR) is 144 cm³/mol. The van der Waals surface area contributed by atoms with Crippen molar-refractivity contribution in [2.75, 3.05) is 75.0 Å². The van der Waals surface area contributed by atoms with Gasteiger partial charge in [-0.05, 0) is 66.2 Å². The number of hydrogen-bond acceptors (Lipinski definition) is 10. The SMILES string of the molecule is C1N2CN3CN1CN(C2)C3.COc1cc2c(cc1OC)CNCC2.COc1ccc(/C=C/N)cc1OC. The first-order valence-electron chi connectivity index (χ1n) is 12.5. The summed E-state index contributed by atoms with van der Waals surface area (Å²) >= 11 is 0. The van der Waals surface area contributed by atoms with E-state index >= 15 is 0 Å². The standard InChI is InChI=1S/C11H15NO2.C10H13NO2.C6H12N4/c1-13-10-5-8-3-4-12-7-9(8)6-11(10)14-2;1-12-9-4-3-8(5-6-11)7-10(9)13-2;1-7-2-9-4-8(1)5-10(3-7)6-9/h5-6,12H,3-4,7H2,1-2H3;3-7H,11H2,1-2H3;1-6H2/b;6-5+;. The van der Waals surface area contributed by atoms with Gasteiger partial charge in [0.2, 0.25) is 0 Å². The second-order valence-corrected chi connectivity index (χ2v) is 9.41. The van der Waals surface area contributed by atoms with Gasteiger partial charge in [0.25, 0.3) is 0 Å². The maximum atomic E-state index is 5.27. The molecule has 0 radical (unpaired) electrons. The molecule has 4 bridgehead atoms. The minimum Gasteiger partial charge on any atom is -0.493 e. The summed E-state index contributed by atoms with van der Waals surface area (Å²) in [5.74, 6) is 3.07. The van der Waals surface area contributed by atoms with Crippen LogP contribution in [0.1, 0.15) is 16.7 Å². The largest absolute Gasteiger partial charge is 0.493 e. The van der Waals surface area contributed by atoms with E-state index in [4.69, 9.17) is 24.7 Å². The summed E-state index contributed by atoms with van der Waals surface area (Å²) < 4.78 is 20.7. The van der Waals surface area contributed by atoms with Gasteiger partial charge in [0.05, 0.1) is 68.5 Å². The zero-order valence-electron chi connectivity index (χ0n) is 22.4. The molecule has 10 nitrogen and oxygen atoms in total. The summed E-state index contributed by atoms with van der Waals surface area (Å²) in [6.07, 6.45) is 4.35. The molecule has 4 saturated heterocycles. The number of rotatable bonds is 5. The lowest BCUT2D eigenvalue weighted by atomic mass is 10.0. The van der Waals surface area contributed by atoms with Crippen molar-refractivity contribution in [1.82, 2.24) is 24.9 Å². The number of nitrogens with zero attached hydrogens (tertiary/aromatic N) is 4. The van der Waals surface area contributed by atoms with E-state index in [1.54, 1.807) is 34.5 Å². The van der Waals surface area contributed by atoms with E-state index < -0.39 is 0 Å². The number of nitrogens with one attached hydrogen (secondary N) is 1. The van der Waals surface area contributed by atoms with E-state index in [2.05, 4.69) is 37.0 Å². The first-order chi connectivity index (χ1) is 18.1. The Morgan fingerprint density at radius 2 is 1.16 bits per heavy atom. The first-order valence-corrected chi connectivity index (χ1v) is 12.5. The molecule has 37 heavy (non-hydrogen) atoms. The van der Waals surface area contributed by atoms with Gasteiger partial charge in [0.15, 0.2) is 23.0 Å². The van der Waals surface area contributed by atoms with Gasteiger partial charge < -0.3 is 30.0 Å². The molecule has 0 spiro atoms. The molecule has 0 unspecified atom stereocenters. The minimum absolute atomic E-state index is 0.707. The first kappa shape index (κ1) is 27.0. The molecular formula is C27H40N6O4. The number of methoxy groups -OCH3 is 4. The van der Waals surface area contributed by atoms with Gasteiger partial charge in [-0.1, -0.05) is 6.07 Å². The monoisotopic (exact) mass is 512 g/mol. The lowest BCUT2D eigenvalue weighted by Crippen LogP contribution is -2.71. The molecule has 5 heterocycles. The predicted octanol–water partition coefficient (Wildman–Crippen LogP) is 1.96. The van der Waals surface area contributed by atoms with Crippen LogP contribution in [0, 0.1) is 0 Å². The summed E-state index contributed by atoms with van der Waals surface area (Å²) in [7, 11) is 6.55. The third kappa shape index (κ3) is 6.85. The summed E-state index contributed by atoms with van der Waals surface area (Å²) in [6, 6.07) is 9.75. The zero-order valence-corrected chi connectivity index (χ0v) is 22.4. The highest BCUT2D eigenvalue weighted by Gasteiger charge is 2.36. The van der Waals surface area contributed by atoms with Crippen LogP contribution in [0.2, 0.25) is 0 Å². The molecular weight excluding hydrogens is 472 g/mol. The highest BCUT2D eigenvalue weighted by atomic mass is 16.5. The molecule has 5 aliphatic rings. The van der Waals surface area contributed by atoms with E-state index in [1.807, 2.05) is 18.2 Å². The maximum absolute atomic E-state index is 5.27. The second kappa shape index (κ2) is 13.0. The van der Waals surface area contributed by atoms with Crippen LogP contribution in [-0.4, -0.2) is 94.6 Å². The van der Waals surface area contributed by atoms with Crippen molar-refractivity contribution in [3.05, 3.63) is 53.2 Å². The van der Waals surface area contributed by atoms with Gasteiger partial charge in [0.1, 0.15) is 0 Å². The number of nitrogens with two attached hydrogens (primary N) is 1. The van der Waals surface area contributed by atoms with Crippen molar-refractivity contribution in [2.45, 2.75) is 13.0 Å². The Morgan fingerprint density at radius 1 is 0.676 bits per heavy atom. The molecule has 0 atom stereocenters. The van der Waals surface area contributed by atoms with Gasteiger partial charge in [0, 0.05) is 6.54 Å². The average molecular weight is 513 g/mol. The van der Waals surface area contributed by atoms with Gasteiger partial charge in [-0.15, -0.1) is 0 Å². The van der Waals surface area contributed by atoms with Crippen molar-refractivity contribution in [3.63, 3.8) is 0 Å². The molecule has 10 heteroatoms. The summed E-state index contributed by atoms with van der Waals surface area (Å²) in [4.78, 5) is 9.88. The highest BCUT2D eigenvalue weighted by molar-refractivity contribution is 5.55. The van der Waals surface area contributed by atoms with Crippen molar-refractivity contribution in [1.29, 1.82) is 0 Å². The van der Waals surface area contributed by atoms with Crippen LogP contribution < -0.4 is 30.0 Å². The Balaban J connectivity index is 0.000000131. The number of hydrogen-bond donors (Lipinski definition) is 2. The van der Waals surface area contributed by atoms with Crippen molar-refractivity contribution in [3.8, 4) is 23.0 Å². The second-order valence-electron chi connectivity index (χ2n) is 9.41. The smallest absolute Gasteiger partial charge is 0.161 e. The molecule has 5 aliphatic heterocycles. The lowest BCUT2D eigenvalue weighted by Gasteiger charge is -2.56. The Labute approximate surface area is 220 Å². The van der Waals surface area contributed by atoms with Gasteiger partial charge in [-0.2, -0.15) is 0 Å². The van der Waals surface area contributed by atoms with Crippen LogP contribution in [0.15, 0.2) is 36.5 Å². The number of ether oxygens (including phenoxy) is 4. The quantitative estimate of drug-likeness (QED) is 0.620. The topological polar surface area (TPSA) is 87.9 Å². The van der Waals surface area contributed by atoms with Gasteiger partial charge in [-0.25, -0.2) is 0 Å².